The molecule has 19 heavy (non-hydrogen) atoms. The number of sulfonamides is 1. The van der Waals surface area contributed by atoms with Gasteiger partial charge in [0.25, 0.3) is 0 Å². The van der Waals surface area contributed by atoms with Crippen LogP contribution in [0, 0.1) is 0 Å². The Morgan fingerprint density at radius 2 is 2.11 bits per heavy atom. The molecule has 1 aromatic rings. The van der Waals surface area contributed by atoms with Crippen molar-refractivity contribution in [2.45, 2.75) is 30.6 Å². The van der Waals surface area contributed by atoms with Crippen LogP contribution in [0.3, 0.4) is 0 Å². The Morgan fingerprint density at radius 1 is 1.32 bits per heavy atom. The molecule has 1 aromatic heterocycles. The predicted molar refractivity (Wildman–Crippen MR) is 74.5 cm³/mol. The Balaban J connectivity index is 1.61. The first-order chi connectivity index (χ1) is 9.05. The number of rotatable bonds is 4. The molecule has 0 N–H and O–H groups in total. The molecule has 104 valence electrons. The van der Waals surface area contributed by atoms with Crippen LogP contribution < -0.4 is 4.74 Å². The summed E-state index contributed by atoms with van der Waals surface area (Å²) in [6, 6.07) is 3.64. The third-order valence-corrected chi connectivity index (χ3v) is 6.24. The summed E-state index contributed by atoms with van der Waals surface area (Å²) in [7, 11) is -3.07. The second-order valence-corrected chi connectivity index (χ2v) is 8.07. The number of nitrogens with zero attached hydrogens (tertiary/aromatic N) is 2. The van der Waals surface area contributed by atoms with E-state index in [0.717, 1.165) is 23.7 Å². The van der Waals surface area contributed by atoms with Gasteiger partial charge in [0.05, 0.1) is 11.8 Å². The highest BCUT2D eigenvalue weighted by Gasteiger charge is 2.43. The van der Waals surface area contributed by atoms with E-state index >= 15 is 0 Å². The van der Waals surface area contributed by atoms with Gasteiger partial charge in [-0.15, -0.1) is 0 Å². The minimum atomic E-state index is -3.07. The monoisotopic (exact) mass is 346 g/mol. The van der Waals surface area contributed by atoms with Crippen molar-refractivity contribution in [1.82, 2.24) is 9.29 Å². The summed E-state index contributed by atoms with van der Waals surface area (Å²) in [6.45, 7) is 0.997. The van der Waals surface area contributed by atoms with Crippen LogP contribution in [0.25, 0.3) is 0 Å². The van der Waals surface area contributed by atoms with Gasteiger partial charge in [-0.25, -0.2) is 13.4 Å². The van der Waals surface area contributed by atoms with Gasteiger partial charge in [0.1, 0.15) is 6.10 Å². The van der Waals surface area contributed by atoms with Crippen molar-refractivity contribution < 1.29 is 13.2 Å². The summed E-state index contributed by atoms with van der Waals surface area (Å²) in [4.78, 5) is 4.14. The van der Waals surface area contributed by atoms with Crippen LogP contribution in [-0.4, -0.2) is 42.2 Å². The Labute approximate surface area is 121 Å². The number of halogens is 1. The average Bonchev–Trinajstić information content (AvgIpc) is 3.14. The fourth-order valence-corrected chi connectivity index (χ4v) is 4.33. The molecule has 7 heteroatoms. The Bertz CT molecular complexity index is 557. The first-order valence-corrected chi connectivity index (χ1v) is 8.62. The van der Waals surface area contributed by atoms with Crippen LogP contribution in [0.5, 0.6) is 5.88 Å². The summed E-state index contributed by atoms with van der Waals surface area (Å²) in [5.74, 6) is 0.541. The van der Waals surface area contributed by atoms with Gasteiger partial charge < -0.3 is 4.74 Å². The largest absolute Gasteiger partial charge is 0.473 e. The third kappa shape index (κ3) is 2.93. The SMILES string of the molecule is O=S(=O)(C1CC1)N1CCC(Oc2ccc(Br)cn2)C1. The molecule has 0 radical (unpaired) electrons. The molecule has 5 nitrogen and oxygen atoms in total. The molecule has 1 aliphatic carbocycles. The lowest BCUT2D eigenvalue weighted by atomic mass is 10.3. The normalized spacial score (nSPS) is 24.6. The predicted octanol–water partition coefficient (Wildman–Crippen LogP) is 1.79. The van der Waals surface area contributed by atoms with E-state index in [4.69, 9.17) is 4.74 Å². The fourth-order valence-electron chi connectivity index (χ4n) is 2.20. The van der Waals surface area contributed by atoms with E-state index in [9.17, 15) is 8.42 Å². The van der Waals surface area contributed by atoms with E-state index in [2.05, 4.69) is 20.9 Å². The molecule has 1 aliphatic heterocycles. The molecule has 1 saturated carbocycles. The molecule has 0 aromatic carbocycles. The number of aromatic nitrogens is 1. The van der Waals surface area contributed by atoms with Crippen molar-refractivity contribution in [2.24, 2.45) is 0 Å². The van der Waals surface area contributed by atoms with Gasteiger partial charge in [-0.2, -0.15) is 4.31 Å². The quantitative estimate of drug-likeness (QED) is 0.833. The van der Waals surface area contributed by atoms with Crippen LogP contribution in [0.1, 0.15) is 19.3 Å². The zero-order valence-electron chi connectivity index (χ0n) is 10.3. The summed E-state index contributed by atoms with van der Waals surface area (Å²) in [5.41, 5.74) is 0. The highest BCUT2D eigenvalue weighted by molar-refractivity contribution is 9.10. The molecule has 0 bridgehead atoms. The lowest BCUT2D eigenvalue weighted by Gasteiger charge is -2.16. The maximum atomic E-state index is 12.1. The summed E-state index contributed by atoms with van der Waals surface area (Å²) < 4.78 is 32.3. The molecule has 0 spiro atoms. The zero-order chi connectivity index (χ0) is 13.5. The number of pyridine rings is 1. The number of hydrogen-bond acceptors (Lipinski definition) is 4. The Morgan fingerprint density at radius 3 is 2.74 bits per heavy atom. The fraction of sp³-hybridized carbons (Fsp3) is 0.583. The van der Waals surface area contributed by atoms with Crippen LogP contribution >= 0.6 is 15.9 Å². The van der Waals surface area contributed by atoms with Crippen molar-refractivity contribution in [3.05, 3.63) is 22.8 Å². The van der Waals surface area contributed by atoms with E-state index in [-0.39, 0.29) is 11.4 Å². The molecule has 1 saturated heterocycles. The van der Waals surface area contributed by atoms with Crippen molar-refractivity contribution in [2.75, 3.05) is 13.1 Å². The molecular formula is C12H15BrN2O3S. The van der Waals surface area contributed by atoms with Gasteiger partial charge in [0, 0.05) is 23.3 Å². The molecule has 1 unspecified atom stereocenters. The Hall–Kier alpha value is -0.660. The maximum absolute atomic E-state index is 12.1. The van der Waals surface area contributed by atoms with Gasteiger partial charge in [-0.1, -0.05) is 0 Å². The minimum Gasteiger partial charge on any atom is -0.473 e. The van der Waals surface area contributed by atoms with E-state index in [1.54, 1.807) is 16.6 Å². The second kappa shape index (κ2) is 5.03. The molecule has 1 atom stereocenters. The van der Waals surface area contributed by atoms with Crippen molar-refractivity contribution in [1.29, 1.82) is 0 Å². The summed E-state index contributed by atoms with van der Waals surface area (Å²) in [6.07, 6.45) is 3.91. The van der Waals surface area contributed by atoms with Gasteiger partial charge in [0.15, 0.2) is 0 Å². The molecule has 2 fully saturated rings. The number of ether oxygens (including phenoxy) is 1. The van der Waals surface area contributed by atoms with Gasteiger partial charge in [0.2, 0.25) is 15.9 Å². The second-order valence-electron chi connectivity index (χ2n) is 4.95. The summed E-state index contributed by atoms with van der Waals surface area (Å²) >= 11 is 3.31. The van der Waals surface area contributed by atoms with E-state index in [1.807, 2.05) is 6.07 Å². The number of hydrogen-bond donors (Lipinski definition) is 0. The average molecular weight is 347 g/mol. The summed E-state index contributed by atoms with van der Waals surface area (Å²) in [5, 5.41) is -0.142. The first-order valence-electron chi connectivity index (χ1n) is 6.33. The minimum absolute atomic E-state index is 0.0952. The van der Waals surface area contributed by atoms with Gasteiger partial charge in [-0.3, -0.25) is 0 Å². The molecule has 3 rings (SSSR count). The molecule has 2 heterocycles. The lowest BCUT2D eigenvalue weighted by Crippen LogP contribution is -2.33. The van der Waals surface area contributed by atoms with Crippen molar-refractivity contribution in [3.63, 3.8) is 0 Å². The topological polar surface area (TPSA) is 59.5 Å². The molecular weight excluding hydrogens is 332 g/mol. The van der Waals surface area contributed by atoms with Crippen LogP contribution in [0.4, 0.5) is 0 Å². The van der Waals surface area contributed by atoms with Crippen LogP contribution in [0.15, 0.2) is 22.8 Å². The van der Waals surface area contributed by atoms with E-state index in [0.29, 0.717) is 19.0 Å². The third-order valence-electron chi connectivity index (χ3n) is 3.40. The van der Waals surface area contributed by atoms with Crippen molar-refractivity contribution in [3.8, 4) is 5.88 Å². The van der Waals surface area contributed by atoms with Crippen LogP contribution in [-0.2, 0) is 10.0 Å². The van der Waals surface area contributed by atoms with Gasteiger partial charge >= 0.3 is 0 Å². The van der Waals surface area contributed by atoms with E-state index < -0.39 is 10.0 Å². The highest BCUT2D eigenvalue weighted by atomic mass is 79.9. The van der Waals surface area contributed by atoms with E-state index in [1.165, 1.54) is 0 Å². The maximum Gasteiger partial charge on any atom is 0.217 e. The lowest BCUT2D eigenvalue weighted by molar-refractivity contribution is 0.207. The molecule has 2 aliphatic rings. The smallest absolute Gasteiger partial charge is 0.217 e. The highest BCUT2D eigenvalue weighted by Crippen LogP contribution is 2.33. The standard InChI is InChI=1S/C12H15BrN2O3S/c13-9-1-4-12(14-7-9)18-10-5-6-15(8-10)19(16,17)11-2-3-11/h1,4,7,10-11H,2-3,5-6,8H2. The first kappa shape index (κ1) is 13.3. The Kier molecular flexibility index (Phi) is 3.53. The van der Waals surface area contributed by atoms with Gasteiger partial charge in [-0.05, 0) is 41.3 Å². The zero-order valence-corrected chi connectivity index (χ0v) is 12.7. The molecule has 0 amide bonds. The van der Waals surface area contributed by atoms with Crippen molar-refractivity contribution >= 4 is 26.0 Å². The van der Waals surface area contributed by atoms with Crippen LogP contribution in [0.2, 0.25) is 0 Å².